The lowest BCUT2D eigenvalue weighted by Gasteiger charge is -2.15. The second kappa shape index (κ2) is 7.05. The van der Waals surface area contributed by atoms with Crippen LogP contribution in [0.4, 0.5) is 15.6 Å². The number of aryl methyl sites for hydroxylation is 1. The highest BCUT2D eigenvalue weighted by atomic mass is 32.1. The van der Waals surface area contributed by atoms with Gasteiger partial charge in [-0.25, -0.2) is 4.79 Å². The second-order valence-electron chi connectivity index (χ2n) is 5.81. The van der Waals surface area contributed by atoms with Gasteiger partial charge in [0.05, 0.1) is 10.6 Å². The first kappa shape index (κ1) is 17.4. The monoisotopic (exact) mass is 354 g/mol. The van der Waals surface area contributed by atoms with Crippen LogP contribution in [0.25, 0.3) is 0 Å². The minimum absolute atomic E-state index is 0.0622. The molecule has 0 aliphatic carbocycles. The summed E-state index contributed by atoms with van der Waals surface area (Å²) in [6.07, 6.45) is 0. The van der Waals surface area contributed by atoms with Crippen LogP contribution in [0.5, 0.6) is 0 Å². The van der Waals surface area contributed by atoms with Crippen LogP contribution >= 0.6 is 22.7 Å². The zero-order valence-corrected chi connectivity index (χ0v) is 14.9. The van der Waals surface area contributed by atoms with Gasteiger partial charge in [-0.2, -0.15) is 0 Å². The number of urea groups is 1. The molecule has 9 heteroatoms. The summed E-state index contributed by atoms with van der Waals surface area (Å²) in [6.45, 7) is 8.57. The standard InChI is InChI=1S/C14H18N4O3S2/c1-8-17-18-13(22-8)16-12(20)15-9-5-11(14(2,3)4)23-10(9)6-21-7-19/h5,7H,6H2,1-4H3,(H2,15,16,18,20). The number of anilines is 2. The molecule has 2 N–H and O–H groups in total. The Kier molecular flexibility index (Phi) is 5.32. The van der Waals surface area contributed by atoms with E-state index in [0.717, 1.165) is 14.8 Å². The minimum Gasteiger partial charge on any atom is -0.462 e. The maximum atomic E-state index is 12.1. The first-order valence-electron chi connectivity index (χ1n) is 6.86. The number of nitrogens with one attached hydrogen (secondary N) is 2. The van der Waals surface area contributed by atoms with Crippen molar-refractivity contribution in [2.24, 2.45) is 0 Å². The number of rotatable bonds is 5. The maximum Gasteiger partial charge on any atom is 0.325 e. The van der Waals surface area contributed by atoms with E-state index in [1.807, 2.05) is 13.0 Å². The van der Waals surface area contributed by atoms with Crippen LogP contribution in [0.1, 0.15) is 35.5 Å². The molecule has 0 spiro atoms. The molecular weight excluding hydrogens is 336 g/mol. The highest BCUT2D eigenvalue weighted by Gasteiger charge is 2.21. The number of hydrogen-bond donors (Lipinski definition) is 2. The number of nitrogens with zero attached hydrogens (tertiary/aromatic N) is 2. The van der Waals surface area contributed by atoms with E-state index in [1.54, 1.807) is 0 Å². The summed E-state index contributed by atoms with van der Waals surface area (Å²) in [5.41, 5.74) is 0.563. The van der Waals surface area contributed by atoms with Crippen LogP contribution < -0.4 is 10.6 Å². The van der Waals surface area contributed by atoms with Crippen molar-refractivity contribution >= 4 is 46.0 Å². The molecule has 7 nitrogen and oxygen atoms in total. The van der Waals surface area contributed by atoms with Gasteiger partial charge < -0.3 is 10.1 Å². The third kappa shape index (κ3) is 4.73. The predicted octanol–water partition coefficient (Wildman–Crippen LogP) is 3.52. The summed E-state index contributed by atoms with van der Waals surface area (Å²) in [5, 5.41) is 14.3. The van der Waals surface area contributed by atoms with Crippen molar-refractivity contribution in [2.75, 3.05) is 10.6 Å². The molecule has 124 valence electrons. The molecule has 2 heterocycles. The summed E-state index contributed by atoms with van der Waals surface area (Å²) in [4.78, 5) is 24.4. The summed E-state index contributed by atoms with van der Waals surface area (Å²) in [6, 6.07) is 1.49. The fourth-order valence-electron chi connectivity index (χ4n) is 1.72. The molecule has 0 aliphatic rings. The Morgan fingerprint density at radius 2 is 2.04 bits per heavy atom. The van der Waals surface area contributed by atoms with Crippen LogP contribution in [0, 0.1) is 6.92 Å². The average molecular weight is 354 g/mol. The predicted molar refractivity (Wildman–Crippen MR) is 91.2 cm³/mol. The van der Waals surface area contributed by atoms with Crippen molar-refractivity contribution in [1.29, 1.82) is 0 Å². The van der Waals surface area contributed by atoms with E-state index in [9.17, 15) is 9.59 Å². The number of carbonyl (C=O) groups is 2. The van der Waals surface area contributed by atoms with Crippen molar-refractivity contribution in [3.05, 3.63) is 20.8 Å². The van der Waals surface area contributed by atoms with Gasteiger partial charge in [0, 0.05) is 4.88 Å². The van der Waals surface area contributed by atoms with Gasteiger partial charge in [-0.3, -0.25) is 10.1 Å². The lowest BCUT2D eigenvalue weighted by Crippen LogP contribution is -2.19. The molecule has 2 aromatic rings. The van der Waals surface area contributed by atoms with Gasteiger partial charge in [0.15, 0.2) is 0 Å². The Morgan fingerprint density at radius 1 is 1.30 bits per heavy atom. The van der Waals surface area contributed by atoms with E-state index >= 15 is 0 Å². The fourth-order valence-corrected chi connectivity index (χ4v) is 3.40. The van der Waals surface area contributed by atoms with Gasteiger partial charge in [-0.05, 0) is 18.4 Å². The summed E-state index contributed by atoms with van der Waals surface area (Å²) in [7, 11) is 0. The van der Waals surface area contributed by atoms with Crippen molar-refractivity contribution in [3.63, 3.8) is 0 Å². The van der Waals surface area contributed by atoms with Crippen molar-refractivity contribution in [2.45, 2.75) is 39.7 Å². The highest BCUT2D eigenvalue weighted by Crippen LogP contribution is 2.36. The number of hydrogen-bond acceptors (Lipinski definition) is 7. The van der Waals surface area contributed by atoms with Crippen LogP contribution in [0.15, 0.2) is 6.07 Å². The fraction of sp³-hybridized carbons (Fsp3) is 0.429. The third-order valence-corrected chi connectivity index (χ3v) is 5.11. The quantitative estimate of drug-likeness (QED) is 0.801. The zero-order chi connectivity index (χ0) is 17.0. The molecular formula is C14H18N4O3S2. The van der Waals surface area contributed by atoms with E-state index in [1.165, 1.54) is 22.7 Å². The number of amides is 2. The Bertz CT molecular complexity index is 703. The molecule has 0 atom stereocenters. The Hall–Kier alpha value is -2.00. The van der Waals surface area contributed by atoms with Gasteiger partial charge in [-0.15, -0.1) is 21.5 Å². The van der Waals surface area contributed by atoms with Crippen molar-refractivity contribution in [1.82, 2.24) is 10.2 Å². The van der Waals surface area contributed by atoms with Crippen LogP contribution in [-0.4, -0.2) is 22.7 Å². The summed E-state index contributed by atoms with van der Waals surface area (Å²) < 4.78 is 4.83. The summed E-state index contributed by atoms with van der Waals surface area (Å²) >= 11 is 2.80. The smallest absolute Gasteiger partial charge is 0.325 e. The van der Waals surface area contributed by atoms with Crippen molar-refractivity contribution < 1.29 is 14.3 Å². The van der Waals surface area contributed by atoms with E-state index < -0.39 is 6.03 Å². The molecule has 2 aromatic heterocycles. The Balaban J connectivity index is 2.14. The van der Waals surface area contributed by atoms with Gasteiger partial charge in [0.2, 0.25) is 5.13 Å². The van der Waals surface area contributed by atoms with E-state index in [2.05, 4.69) is 41.6 Å². The molecule has 2 rings (SSSR count). The zero-order valence-electron chi connectivity index (χ0n) is 13.3. The highest BCUT2D eigenvalue weighted by molar-refractivity contribution is 7.15. The lowest BCUT2D eigenvalue weighted by molar-refractivity contribution is -0.129. The molecule has 0 fully saturated rings. The largest absolute Gasteiger partial charge is 0.462 e. The van der Waals surface area contributed by atoms with Crippen molar-refractivity contribution in [3.8, 4) is 0 Å². The lowest BCUT2D eigenvalue weighted by atomic mass is 9.94. The number of thiophene rings is 1. The Labute approximate surface area is 142 Å². The molecule has 0 aromatic carbocycles. The van der Waals surface area contributed by atoms with E-state index in [-0.39, 0.29) is 12.0 Å². The van der Waals surface area contributed by atoms with Crippen LogP contribution in [0.3, 0.4) is 0 Å². The third-order valence-electron chi connectivity index (χ3n) is 2.83. The molecule has 0 unspecified atom stereocenters. The average Bonchev–Trinajstić information content (AvgIpc) is 3.02. The van der Waals surface area contributed by atoms with Gasteiger partial charge in [0.25, 0.3) is 6.47 Å². The maximum absolute atomic E-state index is 12.1. The molecule has 0 saturated carbocycles. The Morgan fingerprint density at radius 3 is 2.61 bits per heavy atom. The SMILES string of the molecule is Cc1nnc(NC(=O)Nc2cc(C(C)(C)C)sc2COC=O)s1. The van der Waals surface area contributed by atoms with Crippen LogP contribution in [-0.2, 0) is 21.6 Å². The molecule has 0 aliphatic heterocycles. The van der Waals surface area contributed by atoms with Gasteiger partial charge >= 0.3 is 6.03 Å². The number of aromatic nitrogens is 2. The minimum atomic E-state index is -0.410. The van der Waals surface area contributed by atoms with Crippen LogP contribution in [0.2, 0.25) is 0 Å². The molecule has 23 heavy (non-hydrogen) atoms. The van der Waals surface area contributed by atoms with Gasteiger partial charge in [0.1, 0.15) is 11.6 Å². The number of carbonyl (C=O) groups excluding carboxylic acids is 2. The second-order valence-corrected chi connectivity index (χ2v) is 8.13. The topological polar surface area (TPSA) is 93.2 Å². The molecule has 2 amide bonds. The molecule has 0 radical (unpaired) electrons. The first-order chi connectivity index (χ1) is 10.8. The molecule has 0 bridgehead atoms. The normalized spacial score (nSPS) is 11.1. The summed E-state index contributed by atoms with van der Waals surface area (Å²) in [5.74, 6) is 0. The van der Waals surface area contributed by atoms with E-state index in [0.29, 0.717) is 17.3 Å². The molecule has 0 saturated heterocycles. The van der Waals surface area contributed by atoms with E-state index in [4.69, 9.17) is 4.74 Å². The first-order valence-corrected chi connectivity index (χ1v) is 8.49. The number of ether oxygens (including phenoxy) is 1. The van der Waals surface area contributed by atoms with Gasteiger partial charge in [-0.1, -0.05) is 32.1 Å².